The fraction of sp³-hybridized carbons (Fsp3) is 0.111. The molecule has 0 radical (unpaired) electrons. The fourth-order valence-electron chi connectivity index (χ4n) is 0.758. The number of benzene rings is 1. The third-order valence-electron chi connectivity index (χ3n) is 1.33. The molecule has 1 aromatic rings. The monoisotopic (exact) mass is 178 g/mol. The van der Waals surface area contributed by atoms with Crippen LogP contribution < -0.4 is 5.43 Å². The highest BCUT2D eigenvalue weighted by molar-refractivity contribution is 5.81. The van der Waals surface area contributed by atoms with Crippen molar-refractivity contribution in [3.05, 3.63) is 29.8 Å². The van der Waals surface area contributed by atoms with Crippen LogP contribution in [0.4, 0.5) is 0 Å². The van der Waals surface area contributed by atoms with Crippen LogP contribution in [-0.4, -0.2) is 17.2 Å². The van der Waals surface area contributed by atoms with E-state index in [2.05, 4.69) is 10.5 Å². The normalized spacial score (nSPS) is 10.2. The molecule has 0 spiro atoms. The van der Waals surface area contributed by atoms with Gasteiger partial charge in [-0.25, -0.2) is 5.43 Å². The van der Waals surface area contributed by atoms with E-state index in [4.69, 9.17) is 5.11 Å². The first-order valence-electron chi connectivity index (χ1n) is 3.77. The maximum absolute atomic E-state index is 10.4. The van der Waals surface area contributed by atoms with Gasteiger partial charge in [0.25, 0.3) is 0 Å². The van der Waals surface area contributed by atoms with Crippen LogP contribution >= 0.6 is 0 Å². The van der Waals surface area contributed by atoms with Crippen molar-refractivity contribution in [2.75, 3.05) is 0 Å². The molecule has 0 atom stereocenters. The largest absolute Gasteiger partial charge is 0.508 e. The minimum absolute atomic E-state index is 0.205. The van der Waals surface area contributed by atoms with E-state index in [-0.39, 0.29) is 11.7 Å². The summed E-state index contributed by atoms with van der Waals surface area (Å²) in [4.78, 5) is 10.4. The van der Waals surface area contributed by atoms with E-state index in [9.17, 15) is 4.79 Å². The van der Waals surface area contributed by atoms with Gasteiger partial charge in [0.1, 0.15) is 5.75 Å². The van der Waals surface area contributed by atoms with Gasteiger partial charge < -0.3 is 5.11 Å². The molecule has 0 bridgehead atoms. The van der Waals surface area contributed by atoms with Crippen LogP contribution in [0.15, 0.2) is 29.4 Å². The third-order valence-corrected chi connectivity index (χ3v) is 1.33. The van der Waals surface area contributed by atoms with Crippen LogP contribution in [0.25, 0.3) is 0 Å². The van der Waals surface area contributed by atoms with E-state index < -0.39 is 0 Å². The molecule has 0 aliphatic carbocycles. The molecule has 0 heterocycles. The number of phenolic OH excluding ortho intramolecular Hbond substituents is 1. The topological polar surface area (TPSA) is 61.7 Å². The average Bonchev–Trinajstić information content (AvgIpc) is 2.08. The summed E-state index contributed by atoms with van der Waals surface area (Å²) in [5, 5.41) is 12.6. The third kappa shape index (κ3) is 3.37. The Bertz CT molecular complexity index is 317. The smallest absolute Gasteiger partial charge is 0.236 e. The molecular weight excluding hydrogens is 168 g/mol. The molecule has 1 rings (SSSR count). The lowest BCUT2D eigenvalue weighted by Gasteiger charge is -1.93. The summed E-state index contributed by atoms with van der Waals surface area (Å²) < 4.78 is 0. The molecule has 0 unspecified atom stereocenters. The lowest BCUT2D eigenvalue weighted by Crippen LogP contribution is -2.12. The Morgan fingerprint density at radius 3 is 2.62 bits per heavy atom. The van der Waals surface area contributed by atoms with Gasteiger partial charge in [-0.05, 0) is 29.8 Å². The van der Waals surface area contributed by atoms with Crippen molar-refractivity contribution in [2.24, 2.45) is 5.10 Å². The maximum atomic E-state index is 10.4. The second-order valence-electron chi connectivity index (χ2n) is 2.52. The first kappa shape index (κ1) is 9.25. The number of amides is 1. The number of nitrogens with one attached hydrogen (secondary N) is 1. The highest BCUT2D eigenvalue weighted by Crippen LogP contribution is 2.07. The predicted molar refractivity (Wildman–Crippen MR) is 49.5 cm³/mol. The number of carbonyl (C=O) groups excluding carboxylic acids is 1. The van der Waals surface area contributed by atoms with E-state index in [0.29, 0.717) is 0 Å². The standard InChI is InChI=1S/C9H10N2O2/c1-7(12)11-10-6-8-2-4-9(13)5-3-8/h2-6,13H,1H3,(H,11,12)/b10-6+. The molecule has 1 aromatic carbocycles. The Morgan fingerprint density at radius 2 is 2.08 bits per heavy atom. The number of hydrogen-bond acceptors (Lipinski definition) is 3. The van der Waals surface area contributed by atoms with Gasteiger partial charge in [0.15, 0.2) is 0 Å². The Kier molecular flexibility index (Phi) is 3.03. The zero-order valence-corrected chi connectivity index (χ0v) is 7.19. The molecular formula is C9H10N2O2. The Hall–Kier alpha value is -1.84. The number of hydrogen-bond donors (Lipinski definition) is 2. The molecule has 0 aliphatic heterocycles. The Labute approximate surface area is 75.9 Å². The zero-order valence-electron chi connectivity index (χ0n) is 7.19. The number of hydrazone groups is 1. The summed E-state index contributed by atoms with van der Waals surface area (Å²) >= 11 is 0. The first-order valence-corrected chi connectivity index (χ1v) is 3.77. The molecule has 0 fully saturated rings. The molecule has 0 aromatic heterocycles. The molecule has 4 nitrogen and oxygen atoms in total. The summed E-state index contributed by atoms with van der Waals surface area (Å²) in [7, 11) is 0. The van der Waals surface area contributed by atoms with Crippen molar-refractivity contribution < 1.29 is 9.90 Å². The van der Waals surface area contributed by atoms with Crippen molar-refractivity contribution in [2.45, 2.75) is 6.92 Å². The first-order chi connectivity index (χ1) is 6.18. The van der Waals surface area contributed by atoms with Gasteiger partial charge >= 0.3 is 0 Å². The second-order valence-corrected chi connectivity index (χ2v) is 2.52. The van der Waals surface area contributed by atoms with Crippen LogP contribution in [0.5, 0.6) is 5.75 Å². The molecule has 0 saturated carbocycles. The maximum Gasteiger partial charge on any atom is 0.236 e. The lowest BCUT2D eigenvalue weighted by molar-refractivity contribution is -0.118. The fourth-order valence-corrected chi connectivity index (χ4v) is 0.758. The lowest BCUT2D eigenvalue weighted by atomic mass is 10.2. The van der Waals surface area contributed by atoms with Crippen LogP contribution in [0.1, 0.15) is 12.5 Å². The van der Waals surface area contributed by atoms with E-state index in [1.165, 1.54) is 13.1 Å². The van der Waals surface area contributed by atoms with E-state index >= 15 is 0 Å². The highest BCUT2D eigenvalue weighted by Gasteiger charge is 1.88. The summed E-state index contributed by atoms with van der Waals surface area (Å²) in [6.07, 6.45) is 1.50. The van der Waals surface area contributed by atoms with Crippen molar-refractivity contribution in [3.8, 4) is 5.75 Å². The summed E-state index contributed by atoms with van der Waals surface area (Å²) in [5.41, 5.74) is 3.09. The van der Waals surface area contributed by atoms with Crippen LogP contribution in [0.2, 0.25) is 0 Å². The SMILES string of the molecule is CC(=O)N/N=C/c1ccc(O)cc1. The molecule has 0 aliphatic rings. The van der Waals surface area contributed by atoms with Crippen LogP contribution in [0.3, 0.4) is 0 Å². The number of phenols is 1. The van der Waals surface area contributed by atoms with Crippen molar-refractivity contribution in [1.82, 2.24) is 5.43 Å². The van der Waals surface area contributed by atoms with Gasteiger partial charge in [-0.3, -0.25) is 4.79 Å². The van der Waals surface area contributed by atoms with Gasteiger partial charge in [0, 0.05) is 6.92 Å². The van der Waals surface area contributed by atoms with Crippen LogP contribution in [-0.2, 0) is 4.79 Å². The van der Waals surface area contributed by atoms with Gasteiger partial charge in [-0.15, -0.1) is 0 Å². The quantitative estimate of drug-likeness (QED) is 0.521. The Morgan fingerprint density at radius 1 is 1.46 bits per heavy atom. The predicted octanol–water partition coefficient (Wildman–Crippen LogP) is 0.862. The Balaban J connectivity index is 2.59. The van der Waals surface area contributed by atoms with Gasteiger partial charge in [-0.2, -0.15) is 5.10 Å². The molecule has 13 heavy (non-hydrogen) atoms. The molecule has 68 valence electrons. The molecule has 0 saturated heterocycles. The summed E-state index contributed by atoms with van der Waals surface area (Å²) in [6.45, 7) is 1.38. The minimum Gasteiger partial charge on any atom is -0.508 e. The van der Waals surface area contributed by atoms with Gasteiger partial charge in [0.2, 0.25) is 5.91 Å². The van der Waals surface area contributed by atoms with E-state index in [0.717, 1.165) is 5.56 Å². The number of nitrogens with zero attached hydrogens (tertiary/aromatic N) is 1. The van der Waals surface area contributed by atoms with E-state index in [1.54, 1.807) is 24.3 Å². The number of carbonyl (C=O) groups is 1. The molecule has 4 heteroatoms. The second kappa shape index (κ2) is 4.25. The van der Waals surface area contributed by atoms with Crippen LogP contribution in [0, 0.1) is 0 Å². The highest BCUT2D eigenvalue weighted by atomic mass is 16.3. The van der Waals surface area contributed by atoms with Crippen molar-refractivity contribution >= 4 is 12.1 Å². The summed E-state index contributed by atoms with van der Waals surface area (Å²) in [6, 6.07) is 6.49. The number of aromatic hydroxyl groups is 1. The minimum atomic E-state index is -0.213. The zero-order chi connectivity index (χ0) is 9.68. The van der Waals surface area contributed by atoms with E-state index in [1.807, 2.05) is 0 Å². The number of rotatable bonds is 2. The summed E-state index contributed by atoms with van der Waals surface area (Å²) in [5.74, 6) is -0.00768. The van der Waals surface area contributed by atoms with Crippen molar-refractivity contribution in [3.63, 3.8) is 0 Å². The average molecular weight is 178 g/mol. The van der Waals surface area contributed by atoms with Crippen molar-refractivity contribution in [1.29, 1.82) is 0 Å². The van der Waals surface area contributed by atoms with Gasteiger partial charge in [-0.1, -0.05) is 0 Å². The molecule has 2 N–H and O–H groups in total. The molecule has 1 amide bonds. The van der Waals surface area contributed by atoms with Gasteiger partial charge in [0.05, 0.1) is 6.21 Å².